The summed E-state index contributed by atoms with van der Waals surface area (Å²) in [5, 5.41) is 13.9. The Hall–Kier alpha value is -1.81. The van der Waals surface area contributed by atoms with Crippen molar-refractivity contribution < 1.29 is 9.90 Å². The highest BCUT2D eigenvalue weighted by Crippen LogP contribution is 2.27. The van der Waals surface area contributed by atoms with Gasteiger partial charge in [0.2, 0.25) is 0 Å². The van der Waals surface area contributed by atoms with Crippen LogP contribution in [0.5, 0.6) is 0 Å². The molecular weight excluding hydrogens is 240 g/mol. The highest BCUT2D eigenvalue weighted by atomic mass is 35.5. The normalized spacial score (nSPS) is 10.5. The van der Waals surface area contributed by atoms with Crippen molar-refractivity contribution in [2.75, 3.05) is 0 Å². The number of carboxylic acids is 1. The molecule has 1 heterocycles. The average molecular weight is 251 g/mol. The molecule has 1 N–H and O–H groups in total. The monoisotopic (exact) mass is 250 g/mol. The van der Waals surface area contributed by atoms with Crippen molar-refractivity contribution in [3.05, 3.63) is 40.5 Å². The van der Waals surface area contributed by atoms with Crippen molar-refractivity contribution in [3.63, 3.8) is 0 Å². The van der Waals surface area contributed by atoms with Gasteiger partial charge in [0.1, 0.15) is 5.56 Å². The topological polar surface area (TPSA) is 55.1 Å². The molecule has 0 spiro atoms. The maximum absolute atomic E-state index is 11.2. The predicted molar refractivity (Wildman–Crippen MR) is 65.4 cm³/mol. The third-order valence-electron chi connectivity index (χ3n) is 2.53. The van der Waals surface area contributed by atoms with Gasteiger partial charge in [-0.25, -0.2) is 4.79 Å². The number of benzene rings is 1. The second-order valence-corrected chi connectivity index (χ2v) is 4.18. The van der Waals surface area contributed by atoms with E-state index in [4.69, 9.17) is 11.6 Å². The summed E-state index contributed by atoms with van der Waals surface area (Å²) in [5.74, 6) is -0.981. The number of aromatic carboxylic acids is 1. The summed E-state index contributed by atoms with van der Waals surface area (Å²) in [6.45, 7) is 1.68. The Morgan fingerprint density at radius 2 is 2.18 bits per heavy atom. The number of nitrogens with zero attached hydrogens (tertiary/aromatic N) is 2. The van der Waals surface area contributed by atoms with Crippen LogP contribution in [-0.4, -0.2) is 20.9 Å². The first-order valence-corrected chi connectivity index (χ1v) is 5.41. The molecule has 88 valence electrons. The Morgan fingerprint density at radius 1 is 1.47 bits per heavy atom. The van der Waals surface area contributed by atoms with E-state index in [-0.39, 0.29) is 5.56 Å². The molecule has 0 atom stereocenters. The number of carboxylic acid groups (broad SMARTS) is 1. The Morgan fingerprint density at radius 3 is 2.76 bits per heavy atom. The molecule has 5 heteroatoms. The molecule has 17 heavy (non-hydrogen) atoms. The van der Waals surface area contributed by atoms with Crippen LogP contribution >= 0.6 is 11.6 Å². The van der Waals surface area contributed by atoms with E-state index in [9.17, 15) is 9.90 Å². The van der Waals surface area contributed by atoms with Gasteiger partial charge in [0, 0.05) is 17.6 Å². The van der Waals surface area contributed by atoms with Crippen LogP contribution in [0.1, 0.15) is 16.1 Å². The number of halogens is 1. The number of aryl methyl sites for hydroxylation is 2. The quantitative estimate of drug-likeness (QED) is 0.892. The van der Waals surface area contributed by atoms with Crippen molar-refractivity contribution >= 4 is 17.6 Å². The van der Waals surface area contributed by atoms with Gasteiger partial charge >= 0.3 is 5.97 Å². The summed E-state index contributed by atoms with van der Waals surface area (Å²) < 4.78 is 1.56. The van der Waals surface area contributed by atoms with Crippen molar-refractivity contribution in [3.8, 4) is 11.3 Å². The average Bonchev–Trinajstić information content (AvgIpc) is 2.53. The SMILES string of the molecule is Cc1nn(C)c(-c2cccc(Cl)c2)c1C(=O)O. The minimum atomic E-state index is -0.981. The zero-order valence-corrected chi connectivity index (χ0v) is 10.2. The molecule has 0 aliphatic carbocycles. The lowest BCUT2D eigenvalue weighted by atomic mass is 10.1. The molecule has 0 saturated heterocycles. The van der Waals surface area contributed by atoms with Gasteiger partial charge < -0.3 is 5.11 Å². The summed E-state index contributed by atoms with van der Waals surface area (Å²) in [6.07, 6.45) is 0. The molecule has 2 rings (SSSR count). The summed E-state index contributed by atoms with van der Waals surface area (Å²) in [7, 11) is 1.72. The first kappa shape index (κ1) is 11.7. The van der Waals surface area contributed by atoms with Gasteiger partial charge in [0.25, 0.3) is 0 Å². The van der Waals surface area contributed by atoms with Crippen molar-refractivity contribution in [1.82, 2.24) is 9.78 Å². The molecule has 2 aromatic rings. The predicted octanol–water partition coefficient (Wildman–Crippen LogP) is 2.75. The summed E-state index contributed by atoms with van der Waals surface area (Å²) in [4.78, 5) is 11.2. The molecule has 0 amide bonds. The van der Waals surface area contributed by atoms with Crippen LogP contribution in [0.25, 0.3) is 11.3 Å². The summed E-state index contributed by atoms with van der Waals surface area (Å²) in [5.41, 5.74) is 2.03. The van der Waals surface area contributed by atoms with E-state index in [0.717, 1.165) is 5.56 Å². The van der Waals surface area contributed by atoms with Crippen LogP contribution in [0.4, 0.5) is 0 Å². The fourth-order valence-corrected chi connectivity index (χ4v) is 2.07. The van der Waals surface area contributed by atoms with Gasteiger partial charge in [-0.15, -0.1) is 0 Å². The standard InChI is InChI=1S/C12H11ClN2O2/c1-7-10(12(16)17)11(15(2)14-7)8-4-3-5-9(13)6-8/h3-6H,1-2H3,(H,16,17). The Labute approximate surface area is 103 Å². The lowest BCUT2D eigenvalue weighted by molar-refractivity contribution is 0.0697. The molecule has 0 saturated carbocycles. The van der Waals surface area contributed by atoms with Crippen molar-refractivity contribution in [2.45, 2.75) is 6.92 Å². The van der Waals surface area contributed by atoms with Crippen LogP contribution in [0.2, 0.25) is 5.02 Å². The van der Waals surface area contributed by atoms with E-state index in [1.807, 2.05) is 6.07 Å². The van der Waals surface area contributed by atoms with Gasteiger partial charge in [0.05, 0.1) is 11.4 Å². The van der Waals surface area contributed by atoms with Crippen LogP contribution < -0.4 is 0 Å². The first-order valence-electron chi connectivity index (χ1n) is 5.03. The highest BCUT2D eigenvalue weighted by Gasteiger charge is 2.20. The fraction of sp³-hybridized carbons (Fsp3) is 0.167. The van der Waals surface area contributed by atoms with Gasteiger partial charge in [-0.1, -0.05) is 23.7 Å². The van der Waals surface area contributed by atoms with Gasteiger partial charge in [-0.2, -0.15) is 5.10 Å². The minimum Gasteiger partial charge on any atom is -0.478 e. The summed E-state index contributed by atoms with van der Waals surface area (Å²) >= 11 is 5.91. The maximum Gasteiger partial charge on any atom is 0.339 e. The fourth-order valence-electron chi connectivity index (χ4n) is 1.88. The highest BCUT2D eigenvalue weighted by molar-refractivity contribution is 6.30. The van der Waals surface area contributed by atoms with E-state index in [1.165, 1.54) is 0 Å². The van der Waals surface area contributed by atoms with Gasteiger partial charge in [0.15, 0.2) is 0 Å². The molecule has 4 nitrogen and oxygen atoms in total. The second kappa shape index (κ2) is 4.22. The molecule has 0 unspecified atom stereocenters. The molecule has 1 aromatic heterocycles. The Balaban J connectivity index is 2.70. The zero-order valence-electron chi connectivity index (χ0n) is 9.44. The van der Waals surface area contributed by atoms with E-state index in [0.29, 0.717) is 16.4 Å². The number of hydrogen-bond acceptors (Lipinski definition) is 2. The molecule has 0 aliphatic rings. The largest absolute Gasteiger partial charge is 0.478 e. The second-order valence-electron chi connectivity index (χ2n) is 3.75. The van der Waals surface area contributed by atoms with E-state index in [2.05, 4.69) is 5.10 Å². The van der Waals surface area contributed by atoms with Gasteiger partial charge in [-0.05, 0) is 19.1 Å². The Bertz CT molecular complexity index is 590. The van der Waals surface area contributed by atoms with Crippen molar-refractivity contribution in [1.29, 1.82) is 0 Å². The smallest absolute Gasteiger partial charge is 0.339 e. The van der Waals surface area contributed by atoms with Gasteiger partial charge in [-0.3, -0.25) is 4.68 Å². The van der Waals surface area contributed by atoms with Crippen LogP contribution in [0, 0.1) is 6.92 Å². The lowest BCUT2D eigenvalue weighted by Crippen LogP contribution is -2.01. The molecule has 0 radical (unpaired) electrons. The summed E-state index contributed by atoms with van der Waals surface area (Å²) in [6, 6.07) is 7.07. The van der Waals surface area contributed by atoms with Crippen molar-refractivity contribution in [2.24, 2.45) is 7.05 Å². The number of hydrogen-bond donors (Lipinski definition) is 1. The van der Waals surface area contributed by atoms with E-state index in [1.54, 1.807) is 36.9 Å². The zero-order chi connectivity index (χ0) is 12.6. The van der Waals surface area contributed by atoms with Crippen LogP contribution in [0.3, 0.4) is 0 Å². The van der Waals surface area contributed by atoms with Crippen LogP contribution in [-0.2, 0) is 7.05 Å². The maximum atomic E-state index is 11.2. The molecule has 0 bridgehead atoms. The number of carbonyl (C=O) groups is 1. The molecule has 1 aromatic carbocycles. The molecule has 0 aliphatic heterocycles. The number of rotatable bonds is 2. The van der Waals surface area contributed by atoms with E-state index < -0.39 is 5.97 Å². The van der Waals surface area contributed by atoms with Crippen LogP contribution in [0.15, 0.2) is 24.3 Å². The molecular formula is C12H11ClN2O2. The first-order chi connectivity index (χ1) is 8.00. The molecule has 0 fully saturated rings. The third kappa shape index (κ3) is 2.03. The van der Waals surface area contributed by atoms with E-state index >= 15 is 0 Å². The number of aromatic nitrogens is 2. The Kier molecular flexibility index (Phi) is 2.90. The minimum absolute atomic E-state index is 0.217. The lowest BCUT2D eigenvalue weighted by Gasteiger charge is -2.04. The third-order valence-corrected chi connectivity index (χ3v) is 2.77.